The second-order valence-electron chi connectivity index (χ2n) is 7.55. The first-order valence-electron chi connectivity index (χ1n) is 9.57. The molecule has 1 heterocycles. The Kier molecular flexibility index (Phi) is 6.46. The first-order valence-corrected chi connectivity index (χ1v) is 10.4. The largest absolute Gasteiger partial charge is 0.391 e. The highest BCUT2D eigenvalue weighted by atomic mass is 32.1. The molecule has 1 fully saturated rings. The lowest BCUT2D eigenvalue weighted by Gasteiger charge is -2.34. The molecule has 2 aromatic rings. The van der Waals surface area contributed by atoms with Gasteiger partial charge in [-0.2, -0.15) is 0 Å². The van der Waals surface area contributed by atoms with E-state index in [1.165, 1.54) is 18.3 Å². The minimum absolute atomic E-state index is 0.0610. The van der Waals surface area contributed by atoms with Crippen LogP contribution in [0.5, 0.6) is 0 Å². The summed E-state index contributed by atoms with van der Waals surface area (Å²) in [4.78, 5) is 30.5. The molecule has 0 bridgehead atoms. The van der Waals surface area contributed by atoms with Crippen molar-refractivity contribution in [3.05, 3.63) is 52.5 Å². The van der Waals surface area contributed by atoms with Gasteiger partial charge in [-0.25, -0.2) is 0 Å². The summed E-state index contributed by atoms with van der Waals surface area (Å²) in [6.45, 7) is 2.05. The van der Waals surface area contributed by atoms with Crippen molar-refractivity contribution in [3.8, 4) is 0 Å². The summed E-state index contributed by atoms with van der Waals surface area (Å²) in [6.07, 6.45) is 3.72. The third-order valence-electron chi connectivity index (χ3n) is 5.80. The third-order valence-corrected chi connectivity index (χ3v) is 6.57. The van der Waals surface area contributed by atoms with Crippen molar-refractivity contribution in [3.63, 3.8) is 0 Å². The number of aliphatic hydroxyl groups excluding tert-OH is 1. The maximum Gasteiger partial charge on any atom is 0.265 e. The Balaban J connectivity index is 1.83. The van der Waals surface area contributed by atoms with Crippen molar-refractivity contribution in [2.45, 2.75) is 50.2 Å². The second kappa shape index (κ2) is 8.84. The fourth-order valence-electron chi connectivity index (χ4n) is 4.11. The smallest absolute Gasteiger partial charge is 0.265 e. The fourth-order valence-corrected chi connectivity index (χ4v) is 4.71. The molecule has 1 aromatic carbocycles. The molecule has 1 aromatic heterocycles. The van der Waals surface area contributed by atoms with E-state index >= 15 is 0 Å². The van der Waals surface area contributed by atoms with Gasteiger partial charge in [0.15, 0.2) is 0 Å². The summed E-state index contributed by atoms with van der Waals surface area (Å²) in [5, 5.41) is 13.8. The molecular weight excluding hydrogens is 374 g/mol. The molecule has 0 unspecified atom stereocenters. The first kappa shape index (κ1) is 20.5. The number of thiazole rings is 1. The normalized spacial score (nSPS) is 25.0. The molecule has 2 N–H and O–H groups in total. The van der Waals surface area contributed by atoms with Crippen molar-refractivity contribution in [2.75, 3.05) is 13.6 Å². The molecule has 0 saturated heterocycles. The van der Waals surface area contributed by atoms with E-state index in [9.17, 15) is 14.7 Å². The van der Waals surface area contributed by atoms with Gasteiger partial charge in [-0.15, -0.1) is 11.3 Å². The zero-order valence-corrected chi connectivity index (χ0v) is 17.1. The van der Waals surface area contributed by atoms with Crippen LogP contribution in [0.4, 0.5) is 0 Å². The third kappa shape index (κ3) is 4.42. The number of benzene rings is 1. The number of carbonyl (C=O) groups is 2. The highest BCUT2D eigenvalue weighted by Crippen LogP contribution is 2.39. The van der Waals surface area contributed by atoms with Crippen molar-refractivity contribution >= 4 is 23.2 Å². The van der Waals surface area contributed by atoms with Crippen molar-refractivity contribution < 1.29 is 14.7 Å². The van der Waals surface area contributed by atoms with Crippen molar-refractivity contribution in [1.29, 1.82) is 0 Å². The molecule has 1 saturated carbocycles. The lowest BCUT2D eigenvalue weighted by atomic mass is 9.74. The van der Waals surface area contributed by atoms with E-state index in [0.717, 1.165) is 18.4 Å². The number of hydrogen-bond acceptors (Lipinski definition) is 5. The van der Waals surface area contributed by atoms with Crippen molar-refractivity contribution in [2.24, 2.45) is 0 Å². The highest BCUT2D eigenvalue weighted by molar-refractivity contribution is 7.11. The van der Waals surface area contributed by atoms with E-state index in [4.69, 9.17) is 0 Å². The Morgan fingerprint density at radius 1 is 1.29 bits per heavy atom. The van der Waals surface area contributed by atoms with Crippen molar-refractivity contribution in [1.82, 2.24) is 15.2 Å². The molecular formula is C21H27N3O3S. The maximum absolute atomic E-state index is 12.7. The SMILES string of the molecule is CC(=O)NC[C@]1(c2ccccc2)CC[C@@H](O)[C@H](N(C)C(=O)c2cncs2)CC1. The molecule has 1 aliphatic rings. The number of hydrogen-bond donors (Lipinski definition) is 2. The van der Waals surface area contributed by atoms with Crippen LogP contribution in [-0.4, -0.2) is 52.5 Å². The molecule has 7 heteroatoms. The van der Waals surface area contributed by atoms with E-state index in [-0.39, 0.29) is 23.3 Å². The van der Waals surface area contributed by atoms with Gasteiger partial charge in [0.05, 0.1) is 23.9 Å². The van der Waals surface area contributed by atoms with Crippen LogP contribution < -0.4 is 5.32 Å². The first-order chi connectivity index (χ1) is 13.4. The summed E-state index contributed by atoms with van der Waals surface area (Å²) in [5.41, 5.74) is 2.54. The minimum Gasteiger partial charge on any atom is -0.391 e. The predicted octanol–water partition coefficient (Wildman–Crippen LogP) is 2.59. The standard InChI is InChI=1S/C21H27N3O3S/c1-15(25)23-13-21(16-6-4-3-5-7-16)10-8-17(18(26)9-11-21)24(2)20(27)19-12-22-14-28-19/h3-7,12,14,17-18,26H,8-11,13H2,1-2H3,(H,23,25)/t17-,18-,21-/m1/s1. The van der Waals surface area contributed by atoms with Gasteiger partial charge in [0, 0.05) is 25.9 Å². The second-order valence-corrected chi connectivity index (χ2v) is 8.44. The van der Waals surface area contributed by atoms with Gasteiger partial charge in [0.1, 0.15) is 4.88 Å². The lowest BCUT2D eigenvalue weighted by molar-refractivity contribution is -0.119. The predicted molar refractivity (Wildman–Crippen MR) is 109 cm³/mol. The van der Waals surface area contributed by atoms with E-state index in [2.05, 4.69) is 22.4 Å². The number of likely N-dealkylation sites (N-methyl/N-ethyl adjacent to an activating group) is 1. The van der Waals surface area contributed by atoms with Gasteiger partial charge in [-0.05, 0) is 31.2 Å². The quantitative estimate of drug-likeness (QED) is 0.755. The summed E-state index contributed by atoms with van der Waals surface area (Å²) in [7, 11) is 1.75. The topological polar surface area (TPSA) is 82.5 Å². The molecule has 3 rings (SSSR count). The van der Waals surface area contributed by atoms with Gasteiger partial charge in [-0.3, -0.25) is 14.6 Å². The van der Waals surface area contributed by atoms with E-state index in [1.807, 2.05) is 18.2 Å². The molecule has 6 nitrogen and oxygen atoms in total. The molecule has 28 heavy (non-hydrogen) atoms. The summed E-state index contributed by atoms with van der Waals surface area (Å²) in [6, 6.07) is 9.89. The molecule has 150 valence electrons. The summed E-state index contributed by atoms with van der Waals surface area (Å²) >= 11 is 1.31. The summed E-state index contributed by atoms with van der Waals surface area (Å²) in [5.74, 6) is -0.172. The number of nitrogens with one attached hydrogen (secondary N) is 1. The molecule has 0 aliphatic heterocycles. The Morgan fingerprint density at radius 2 is 2.00 bits per heavy atom. The number of rotatable bonds is 5. The van der Waals surface area contributed by atoms with Crippen LogP contribution in [0.2, 0.25) is 0 Å². The number of aliphatic hydroxyl groups is 1. The molecule has 1 aliphatic carbocycles. The zero-order chi connectivity index (χ0) is 20.1. The van der Waals surface area contributed by atoms with Gasteiger partial charge in [-0.1, -0.05) is 30.3 Å². The van der Waals surface area contributed by atoms with Gasteiger partial charge < -0.3 is 15.3 Å². The lowest BCUT2D eigenvalue weighted by Crippen LogP contribution is -2.44. The molecule has 0 spiro atoms. The van der Waals surface area contributed by atoms with Crippen LogP contribution >= 0.6 is 11.3 Å². The van der Waals surface area contributed by atoms with E-state index in [0.29, 0.717) is 24.3 Å². The monoisotopic (exact) mass is 401 g/mol. The number of aromatic nitrogens is 1. The van der Waals surface area contributed by atoms with Gasteiger partial charge in [0.2, 0.25) is 5.91 Å². The maximum atomic E-state index is 12.7. The fraction of sp³-hybridized carbons (Fsp3) is 0.476. The summed E-state index contributed by atoms with van der Waals surface area (Å²) < 4.78 is 0. The Hall–Kier alpha value is -2.25. The van der Waals surface area contributed by atoms with Crippen LogP contribution in [0.1, 0.15) is 47.8 Å². The Labute approximate surface area is 169 Å². The van der Waals surface area contributed by atoms with Crippen LogP contribution in [0.3, 0.4) is 0 Å². The van der Waals surface area contributed by atoms with E-state index < -0.39 is 6.10 Å². The number of amides is 2. The zero-order valence-electron chi connectivity index (χ0n) is 16.3. The minimum atomic E-state index is -0.607. The van der Waals surface area contributed by atoms with Gasteiger partial charge in [0.25, 0.3) is 5.91 Å². The Morgan fingerprint density at radius 3 is 2.64 bits per heavy atom. The molecule has 2 amide bonds. The average molecular weight is 402 g/mol. The van der Waals surface area contributed by atoms with Crippen LogP contribution in [-0.2, 0) is 10.2 Å². The van der Waals surface area contributed by atoms with Crippen LogP contribution in [0.15, 0.2) is 42.0 Å². The average Bonchev–Trinajstić information content (AvgIpc) is 3.18. The van der Waals surface area contributed by atoms with Crippen LogP contribution in [0.25, 0.3) is 0 Å². The number of nitrogens with zero attached hydrogens (tertiary/aromatic N) is 2. The van der Waals surface area contributed by atoms with E-state index in [1.54, 1.807) is 23.7 Å². The highest BCUT2D eigenvalue weighted by Gasteiger charge is 2.40. The molecule has 3 atom stereocenters. The molecule has 0 radical (unpaired) electrons. The van der Waals surface area contributed by atoms with Crippen LogP contribution in [0, 0.1) is 0 Å². The number of carbonyl (C=O) groups excluding carboxylic acids is 2. The van der Waals surface area contributed by atoms with Gasteiger partial charge >= 0.3 is 0 Å². The Bertz CT molecular complexity index is 796.